The van der Waals surface area contributed by atoms with Crippen molar-refractivity contribution in [2.24, 2.45) is 5.92 Å². The molecule has 1 saturated heterocycles. The zero-order valence-corrected chi connectivity index (χ0v) is 19.4. The number of nitrogens with zero attached hydrogens (tertiary/aromatic N) is 7. The Morgan fingerprint density at radius 3 is 2.85 bits per heavy atom. The number of anilines is 2. The van der Waals surface area contributed by atoms with Gasteiger partial charge in [-0.3, -0.25) is 14.3 Å². The van der Waals surface area contributed by atoms with Gasteiger partial charge in [0.25, 0.3) is 11.8 Å². The fourth-order valence-electron chi connectivity index (χ4n) is 4.07. The third kappa shape index (κ3) is 4.70. The zero-order chi connectivity index (χ0) is 24.5. The van der Waals surface area contributed by atoms with Gasteiger partial charge in [0, 0.05) is 51.9 Å². The summed E-state index contributed by atoms with van der Waals surface area (Å²) in [7, 11) is 3.27. The lowest BCUT2D eigenvalue weighted by molar-refractivity contribution is -0.129. The van der Waals surface area contributed by atoms with E-state index >= 15 is 0 Å². The van der Waals surface area contributed by atoms with Crippen LogP contribution in [0.5, 0.6) is 0 Å². The SMILES string of the molecule is CCC(F)(F)C1CCCN(c2nn(CC(=O)N(C)C)cc2NC(=O)c2cnn3cccnc23)C1. The Bertz CT molecular complexity index is 1190. The van der Waals surface area contributed by atoms with Crippen LogP contribution in [0.4, 0.5) is 20.3 Å². The van der Waals surface area contributed by atoms with Gasteiger partial charge in [-0.05, 0) is 18.9 Å². The summed E-state index contributed by atoms with van der Waals surface area (Å²) in [6, 6.07) is 1.70. The molecular weight excluding hydrogens is 446 g/mol. The lowest BCUT2D eigenvalue weighted by Gasteiger charge is -2.37. The molecule has 0 saturated carbocycles. The molecule has 0 bridgehead atoms. The maximum Gasteiger partial charge on any atom is 0.261 e. The van der Waals surface area contributed by atoms with Crippen LogP contribution < -0.4 is 10.2 Å². The quantitative estimate of drug-likeness (QED) is 0.565. The Morgan fingerprint density at radius 2 is 2.12 bits per heavy atom. The second kappa shape index (κ2) is 9.35. The number of rotatable bonds is 7. The summed E-state index contributed by atoms with van der Waals surface area (Å²) in [6.07, 6.45) is 6.97. The minimum Gasteiger partial charge on any atom is -0.353 e. The number of aromatic nitrogens is 5. The number of nitrogens with one attached hydrogen (secondary N) is 1. The molecule has 0 aliphatic carbocycles. The molecule has 1 aliphatic rings. The zero-order valence-electron chi connectivity index (χ0n) is 19.4. The summed E-state index contributed by atoms with van der Waals surface area (Å²) in [5, 5.41) is 11.4. The fraction of sp³-hybridized carbons (Fsp3) is 0.500. The van der Waals surface area contributed by atoms with Crippen molar-refractivity contribution in [3.63, 3.8) is 0 Å². The van der Waals surface area contributed by atoms with Gasteiger partial charge in [0.05, 0.1) is 12.4 Å². The molecule has 1 atom stereocenters. The highest BCUT2D eigenvalue weighted by molar-refractivity contribution is 6.09. The van der Waals surface area contributed by atoms with E-state index in [9.17, 15) is 18.4 Å². The maximum absolute atomic E-state index is 14.5. The summed E-state index contributed by atoms with van der Waals surface area (Å²) in [6.45, 7) is 2.07. The van der Waals surface area contributed by atoms with Gasteiger partial charge in [-0.25, -0.2) is 18.3 Å². The lowest BCUT2D eigenvalue weighted by atomic mass is 9.90. The highest BCUT2D eigenvalue weighted by Crippen LogP contribution is 2.37. The number of carbonyl (C=O) groups is 2. The molecule has 1 aliphatic heterocycles. The van der Waals surface area contributed by atoms with Gasteiger partial charge in [0.1, 0.15) is 17.8 Å². The van der Waals surface area contributed by atoms with Crippen LogP contribution in [0.3, 0.4) is 0 Å². The molecule has 1 unspecified atom stereocenters. The van der Waals surface area contributed by atoms with Gasteiger partial charge in [-0.1, -0.05) is 6.92 Å². The smallest absolute Gasteiger partial charge is 0.261 e. The maximum atomic E-state index is 14.5. The van der Waals surface area contributed by atoms with E-state index in [4.69, 9.17) is 0 Å². The summed E-state index contributed by atoms with van der Waals surface area (Å²) in [4.78, 5) is 32.7. The minimum atomic E-state index is -2.78. The van der Waals surface area contributed by atoms with Crippen LogP contribution in [0.1, 0.15) is 36.5 Å². The van der Waals surface area contributed by atoms with Crippen LogP contribution in [-0.2, 0) is 11.3 Å². The van der Waals surface area contributed by atoms with Gasteiger partial charge in [0.15, 0.2) is 11.5 Å². The first-order valence-electron chi connectivity index (χ1n) is 11.2. The third-order valence-corrected chi connectivity index (χ3v) is 6.10. The molecule has 1 fully saturated rings. The van der Waals surface area contributed by atoms with E-state index in [1.54, 1.807) is 43.7 Å². The number of amides is 2. The number of hydrogen-bond donors (Lipinski definition) is 1. The summed E-state index contributed by atoms with van der Waals surface area (Å²) in [5.74, 6) is -3.88. The van der Waals surface area contributed by atoms with Crippen LogP contribution in [0.2, 0.25) is 0 Å². The number of likely N-dealkylation sites (N-methyl/N-ethyl adjacent to an activating group) is 1. The molecule has 0 radical (unpaired) electrons. The average molecular weight is 475 g/mol. The van der Waals surface area contributed by atoms with E-state index < -0.39 is 17.7 Å². The van der Waals surface area contributed by atoms with Crippen LogP contribution in [0.25, 0.3) is 5.65 Å². The summed E-state index contributed by atoms with van der Waals surface area (Å²) < 4.78 is 31.8. The first-order chi connectivity index (χ1) is 16.2. The average Bonchev–Trinajstić information content (AvgIpc) is 3.43. The standard InChI is InChI=1S/C22H28F2N8O2/c1-4-22(23,24)15-7-5-9-30(12-15)20-17(13-31(28-20)14-18(33)29(2)3)27-21(34)16-11-26-32-10-6-8-25-19(16)32/h6,8,10-11,13,15H,4-5,7,9,12,14H2,1-3H3,(H,27,34). The molecule has 182 valence electrons. The van der Waals surface area contributed by atoms with Gasteiger partial charge in [-0.15, -0.1) is 0 Å². The van der Waals surface area contributed by atoms with Crippen molar-refractivity contribution in [2.45, 2.75) is 38.7 Å². The summed E-state index contributed by atoms with van der Waals surface area (Å²) in [5.41, 5.74) is 0.988. The van der Waals surface area contributed by atoms with Crippen LogP contribution in [0.15, 0.2) is 30.9 Å². The Balaban J connectivity index is 1.64. The summed E-state index contributed by atoms with van der Waals surface area (Å²) >= 11 is 0. The molecule has 10 nitrogen and oxygen atoms in total. The Morgan fingerprint density at radius 1 is 1.32 bits per heavy atom. The Kier molecular flexibility index (Phi) is 6.49. The van der Waals surface area contributed by atoms with Crippen molar-refractivity contribution in [3.8, 4) is 0 Å². The van der Waals surface area contributed by atoms with Crippen LogP contribution in [0, 0.1) is 5.92 Å². The predicted octanol–water partition coefficient (Wildman–Crippen LogP) is 2.53. The van der Waals surface area contributed by atoms with E-state index in [-0.39, 0.29) is 31.0 Å². The number of hydrogen-bond acceptors (Lipinski definition) is 6. The molecule has 4 rings (SSSR count). The first-order valence-corrected chi connectivity index (χ1v) is 11.2. The van der Waals surface area contributed by atoms with Crippen molar-refractivity contribution < 1.29 is 18.4 Å². The number of piperidine rings is 1. The molecule has 0 spiro atoms. The Hall–Kier alpha value is -3.57. The molecule has 0 aromatic carbocycles. The highest BCUT2D eigenvalue weighted by atomic mass is 19.3. The highest BCUT2D eigenvalue weighted by Gasteiger charge is 2.40. The van der Waals surface area contributed by atoms with Gasteiger partial charge < -0.3 is 15.1 Å². The monoisotopic (exact) mass is 474 g/mol. The Labute approximate surface area is 195 Å². The molecule has 3 aromatic rings. The van der Waals surface area contributed by atoms with Crippen LogP contribution >= 0.6 is 0 Å². The molecule has 2 amide bonds. The second-order valence-electron chi connectivity index (χ2n) is 8.65. The fourth-order valence-corrected chi connectivity index (χ4v) is 4.07. The number of fused-ring (bicyclic) bond motifs is 1. The molecule has 34 heavy (non-hydrogen) atoms. The van der Waals surface area contributed by atoms with E-state index in [1.807, 2.05) is 0 Å². The largest absolute Gasteiger partial charge is 0.353 e. The van der Waals surface area contributed by atoms with Gasteiger partial charge in [-0.2, -0.15) is 10.2 Å². The predicted molar refractivity (Wildman–Crippen MR) is 122 cm³/mol. The van der Waals surface area contributed by atoms with Gasteiger partial charge in [0.2, 0.25) is 5.91 Å². The molecule has 4 heterocycles. The van der Waals surface area contributed by atoms with Crippen molar-refractivity contribution in [2.75, 3.05) is 37.4 Å². The number of halogens is 2. The van der Waals surface area contributed by atoms with Crippen molar-refractivity contribution in [3.05, 3.63) is 36.4 Å². The van der Waals surface area contributed by atoms with E-state index in [1.165, 1.54) is 27.2 Å². The molecule has 1 N–H and O–H groups in total. The molecule has 3 aromatic heterocycles. The molecular formula is C22H28F2N8O2. The van der Waals surface area contributed by atoms with Gasteiger partial charge >= 0.3 is 0 Å². The number of carbonyl (C=O) groups excluding carboxylic acids is 2. The number of alkyl halides is 2. The van der Waals surface area contributed by atoms with Crippen molar-refractivity contribution in [1.82, 2.24) is 29.3 Å². The van der Waals surface area contributed by atoms with Crippen LogP contribution in [-0.4, -0.2) is 74.2 Å². The molecule has 12 heteroatoms. The second-order valence-corrected chi connectivity index (χ2v) is 8.65. The van der Waals surface area contributed by atoms with E-state index in [0.717, 1.165) is 0 Å². The van der Waals surface area contributed by atoms with E-state index in [0.29, 0.717) is 36.5 Å². The van der Waals surface area contributed by atoms with Crippen molar-refractivity contribution >= 4 is 29.0 Å². The van der Waals surface area contributed by atoms with E-state index in [2.05, 4.69) is 20.5 Å². The minimum absolute atomic E-state index is 0.0451. The topological polar surface area (TPSA) is 101 Å². The van der Waals surface area contributed by atoms with Crippen molar-refractivity contribution in [1.29, 1.82) is 0 Å². The third-order valence-electron chi connectivity index (χ3n) is 6.10. The first kappa shape index (κ1) is 23.6. The lowest BCUT2D eigenvalue weighted by Crippen LogP contribution is -2.43. The normalized spacial score (nSPS) is 16.6.